The first-order valence-electron chi connectivity index (χ1n) is 6.28. The Bertz CT molecular complexity index is 646. The Morgan fingerprint density at radius 3 is 1.78 bits per heavy atom. The number of benzene rings is 2. The van der Waals surface area contributed by atoms with Crippen molar-refractivity contribution in [2.24, 2.45) is 0 Å². The van der Waals surface area contributed by atoms with Crippen LogP contribution in [-0.4, -0.2) is 4.71 Å². The fourth-order valence-corrected chi connectivity index (χ4v) is 2.60. The largest absolute Gasteiger partial charge is 0.335 e. The number of hydrogen-bond acceptors (Lipinski definition) is 2. The summed E-state index contributed by atoms with van der Waals surface area (Å²) >= 11 is 23.8. The second-order valence-corrected chi connectivity index (χ2v) is 6.95. The topological polar surface area (TPSA) is 18.5 Å². The molecule has 0 bridgehead atoms. The monoisotopic (exact) mass is 400 g/mol. The van der Waals surface area contributed by atoms with Crippen LogP contribution in [0.3, 0.4) is 0 Å². The second-order valence-electron chi connectivity index (χ2n) is 4.50. The summed E-state index contributed by atoms with van der Waals surface area (Å²) in [5.41, 5.74) is 0.829. The molecule has 8 heteroatoms. The van der Waals surface area contributed by atoms with Crippen molar-refractivity contribution in [1.82, 2.24) is 0 Å². The van der Waals surface area contributed by atoms with Crippen LogP contribution in [-0.2, 0) is 20.6 Å². The average molecular weight is 402 g/mol. The first kappa shape index (κ1) is 18.7. The SMILES string of the molecule is Fc1ccc(COC(Cl)(Cl)OC(Cl)(Cl)c2ccc(F)cc2)cc1. The standard InChI is InChI=1S/C15H10Cl4F2O2/c16-14(17,11-3-7-13(21)8-4-11)23-15(18,19)22-9-10-1-5-12(20)6-2-10/h1-8H,9H2. The fourth-order valence-electron chi connectivity index (χ4n) is 1.63. The van der Waals surface area contributed by atoms with Gasteiger partial charge >= 0.3 is 4.71 Å². The summed E-state index contributed by atoms with van der Waals surface area (Å²) in [4.78, 5) is 0. The molecule has 124 valence electrons. The van der Waals surface area contributed by atoms with Gasteiger partial charge in [0.2, 0.25) is 4.52 Å². The van der Waals surface area contributed by atoms with Gasteiger partial charge in [-0.15, -0.1) is 0 Å². The zero-order valence-electron chi connectivity index (χ0n) is 11.4. The molecule has 23 heavy (non-hydrogen) atoms. The van der Waals surface area contributed by atoms with Gasteiger partial charge in [0.05, 0.1) is 6.61 Å². The lowest BCUT2D eigenvalue weighted by molar-refractivity contribution is -0.152. The molecular formula is C15H10Cl4F2O2. The van der Waals surface area contributed by atoms with Crippen LogP contribution in [0.1, 0.15) is 11.1 Å². The molecule has 0 radical (unpaired) electrons. The Kier molecular flexibility index (Phi) is 6.11. The summed E-state index contributed by atoms with van der Waals surface area (Å²) in [6.45, 7) is -0.0689. The van der Waals surface area contributed by atoms with E-state index in [0.29, 0.717) is 5.56 Å². The summed E-state index contributed by atoms with van der Waals surface area (Å²) in [5.74, 6) is -0.849. The highest BCUT2D eigenvalue weighted by Gasteiger charge is 2.40. The summed E-state index contributed by atoms with van der Waals surface area (Å²) in [6, 6.07) is 10.5. The Morgan fingerprint density at radius 1 is 0.783 bits per heavy atom. The van der Waals surface area contributed by atoms with E-state index >= 15 is 0 Å². The van der Waals surface area contributed by atoms with Gasteiger partial charge in [-0.25, -0.2) is 8.78 Å². The molecule has 0 saturated carbocycles. The molecule has 0 aliphatic rings. The van der Waals surface area contributed by atoms with E-state index in [9.17, 15) is 8.78 Å². The fraction of sp³-hybridized carbons (Fsp3) is 0.200. The molecule has 2 aromatic carbocycles. The molecule has 0 aliphatic carbocycles. The van der Waals surface area contributed by atoms with Crippen LogP contribution in [0, 0.1) is 11.6 Å². The van der Waals surface area contributed by atoms with E-state index in [0.717, 1.165) is 12.1 Å². The molecule has 0 spiro atoms. The van der Waals surface area contributed by atoms with E-state index in [-0.39, 0.29) is 18.0 Å². The summed E-state index contributed by atoms with van der Waals surface area (Å²) < 4.78 is 31.9. The molecule has 0 saturated heterocycles. The van der Waals surface area contributed by atoms with Gasteiger partial charge in [0.1, 0.15) is 11.6 Å². The maximum absolute atomic E-state index is 12.9. The van der Waals surface area contributed by atoms with Crippen molar-refractivity contribution in [3.05, 3.63) is 71.3 Å². The highest BCUT2D eigenvalue weighted by atomic mass is 35.5. The van der Waals surface area contributed by atoms with Gasteiger partial charge in [0.15, 0.2) is 0 Å². The highest BCUT2D eigenvalue weighted by molar-refractivity contribution is 6.49. The van der Waals surface area contributed by atoms with Gasteiger partial charge in [-0.2, -0.15) is 0 Å². The van der Waals surface area contributed by atoms with E-state index in [1.807, 2.05) is 0 Å². The number of rotatable bonds is 6. The quantitative estimate of drug-likeness (QED) is 0.444. The molecular weight excluding hydrogens is 392 g/mol. The molecule has 2 aromatic rings. The molecule has 0 N–H and O–H groups in total. The molecule has 0 amide bonds. The highest BCUT2D eigenvalue weighted by Crippen LogP contribution is 2.42. The van der Waals surface area contributed by atoms with Crippen molar-refractivity contribution >= 4 is 46.4 Å². The van der Waals surface area contributed by atoms with Crippen LogP contribution in [0.15, 0.2) is 48.5 Å². The second kappa shape index (κ2) is 7.51. The number of halogens is 6. The molecule has 0 aliphatic heterocycles. The third-order valence-corrected chi connectivity index (χ3v) is 3.71. The lowest BCUT2D eigenvalue weighted by atomic mass is 10.2. The number of hydrogen-bond donors (Lipinski definition) is 0. The first-order chi connectivity index (χ1) is 10.7. The maximum atomic E-state index is 12.9. The normalized spacial score (nSPS) is 12.4. The lowest BCUT2D eigenvalue weighted by Crippen LogP contribution is -2.30. The van der Waals surface area contributed by atoms with Gasteiger partial charge in [-0.3, -0.25) is 4.74 Å². The van der Waals surface area contributed by atoms with Crippen LogP contribution >= 0.6 is 46.4 Å². The zero-order valence-corrected chi connectivity index (χ0v) is 14.4. The van der Waals surface area contributed by atoms with Gasteiger partial charge < -0.3 is 4.74 Å². The smallest absolute Gasteiger partial charge is 0.320 e. The molecule has 0 aromatic heterocycles. The van der Waals surface area contributed by atoms with Crippen LogP contribution in [0.2, 0.25) is 0 Å². The molecule has 2 nitrogen and oxygen atoms in total. The average Bonchev–Trinajstić information content (AvgIpc) is 2.46. The Morgan fingerprint density at radius 2 is 1.26 bits per heavy atom. The molecule has 2 rings (SSSR count). The van der Waals surface area contributed by atoms with E-state index in [1.54, 1.807) is 0 Å². The van der Waals surface area contributed by atoms with Crippen molar-refractivity contribution in [2.75, 3.05) is 0 Å². The van der Waals surface area contributed by atoms with E-state index in [2.05, 4.69) is 0 Å². The number of ether oxygens (including phenoxy) is 2. The van der Waals surface area contributed by atoms with Crippen molar-refractivity contribution < 1.29 is 18.3 Å². The zero-order chi connectivity index (χ0) is 17.1. The Hall–Kier alpha value is -0.620. The lowest BCUT2D eigenvalue weighted by Gasteiger charge is -2.28. The molecule has 0 unspecified atom stereocenters. The van der Waals surface area contributed by atoms with Gasteiger partial charge in [0.25, 0.3) is 0 Å². The van der Waals surface area contributed by atoms with Crippen molar-refractivity contribution in [2.45, 2.75) is 15.8 Å². The maximum Gasteiger partial charge on any atom is 0.335 e. The minimum Gasteiger partial charge on any atom is -0.320 e. The van der Waals surface area contributed by atoms with Crippen LogP contribution in [0.5, 0.6) is 0 Å². The van der Waals surface area contributed by atoms with E-state index in [1.165, 1.54) is 36.4 Å². The molecule has 0 atom stereocenters. The van der Waals surface area contributed by atoms with E-state index in [4.69, 9.17) is 55.9 Å². The summed E-state index contributed by atoms with van der Waals surface area (Å²) in [5, 5.41) is 0. The van der Waals surface area contributed by atoms with Crippen molar-refractivity contribution in [1.29, 1.82) is 0 Å². The molecule has 0 heterocycles. The number of alkyl halides is 4. The third kappa shape index (κ3) is 5.75. The van der Waals surface area contributed by atoms with E-state index < -0.39 is 15.0 Å². The van der Waals surface area contributed by atoms with Crippen molar-refractivity contribution in [3.63, 3.8) is 0 Å². The van der Waals surface area contributed by atoms with Crippen LogP contribution in [0.25, 0.3) is 0 Å². The first-order valence-corrected chi connectivity index (χ1v) is 7.79. The Balaban J connectivity index is 2.01. The minimum atomic E-state index is -2.17. The predicted molar refractivity (Wildman–Crippen MR) is 86.5 cm³/mol. The van der Waals surface area contributed by atoms with Crippen molar-refractivity contribution in [3.8, 4) is 0 Å². The van der Waals surface area contributed by atoms with Gasteiger partial charge in [0, 0.05) is 5.56 Å². The molecule has 0 fully saturated rings. The predicted octanol–water partition coefficient (Wildman–Crippen LogP) is 5.88. The van der Waals surface area contributed by atoms with Crippen LogP contribution < -0.4 is 0 Å². The third-order valence-electron chi connectivity index (χ3n) is 2.75. The Labute approximate surface area is 151 Å². The minimum absolute atomic E-state index is 0.0689. The summed E-state index contributed by atoms with van der Waals surface area (Å²) in [7, 11) is 0. The van der Waals surface area contributed by atoms with Gasteiger partial charge in [-0.1, -0.05) is 47.5 Å². The van der Waals surface area contributed by atoms with Gasteiger partial charge in [-0.05, 0) is 53.0 Å². The summed E-state index contributed by atoms with van der Waals surface area (Å²) in [6.07, 6.45) is 0. The van der Waals surface area contributed by atoms with Crippen LogP contribution in [0.4, 0.5) is 8.78 Å².